The number of nitrogens with one attached hydrogen (secondary N) is 1. The quantitative estimate of drug-likeness (QED) is 0.575. The van der Waals surface area contributed by atoms with Crippen molar-refractivity contribution in [2.45, 2.75) is 38.9 Å². The van der Waals surface area contributed by atoms with Gasteiger partial charge in [-0.15, -0.1) is 0 Å². The molecule has 5 rings (SSSR count). The third kappa shape index (κ3) is 4.05. The van der Waals surface area contributed by atoms with Crippen molar-refractivity contribution in [1.82, 2.24) is 9.88 Å². The molecular formula is C28H28N2O3. The number of aromatic nitrogens is 1. The van der Waals surface area contributed by atoms with Crippen LogP contribution in [0.5, 0.6) is 0 Å². The highest BCUT2D eigenvalue weighted by molar-refractivity contribution is 5.77. The molecule has 1 fully saturated rings. The van der Waals surface area contributed by atoms with Crippen LogP contribution in [0.15, 0.2) is 71.5 Å². The van der Waals surface area contributed by atoms with E-state index < -0.39 is 0 Å². The molecule has 0 bridgehead atoms. The first-order valence-corrected chi connectivity index (χ1v) is 11.5. The minimum atomic E-state index is -0.353. The maximum atomic E-state index is 13.1. The molecule has 3 atom stereocenters. The summed E-state index contributed by atoms with van der Waals surface area (Å²) in [5, 5.41) is 0. The smallest absolute Gasteiger partial charge is 0.323 e. The van der Waals surface area contributed by atoms with Crippen molar-refractivity contribution in [3.8, 4) is 11.1 Å². The number of likely N-dealkylation sites (tertiary alicyclic amines) is 1. The van der Waals surface area contributed by atoms with Crippen molar-refractivity contribution >= 4 is 12.0 Å². The van der Waals surface area contributed by atoms with E-state index in [1.165, 1.54) is 5.56 Å². The molecule has 1 N–H and O–H groups in total. The van der Waals surface area contributed by atoms with Crippen LogP contribution in [-0.4, -0.2) is 28.5 Å². The summed E-state index contributed by atoms with van der Waals surface area (Å²) < 4.78 is 5.43. The molecule has 0 saturated carbocycles. The number of hydrogen-bond donors (Lipinski definition) is 1. The number of ether oxygens (including phenoxy) is 1. The lowest BCUT2D eigenvalue weighted by Gasteiger charge is -2.33. The topological polar surface area (TPSA) is 62.4 Å². The molecule has 1 aliphatic carbocycles. The Morgan fingerprint density at radius 1 is 1.12 bits per heavy atom. The third-order valence-electron chi connectivity index (χ3n) is 6.71. The first kappa shape index (κ1) is 21.4. The SMILES string of the molecule is CCOC(=O)C1CC2C=Cc3cc(-c4ccccc4)c(=O)[nH]c3C2N1Cc1ccc(C)cc1. The van der Waals surface area contributed by atoms with Gasteiger partial charge in [0.15, 0.2) is 0 Å². The summed E-state index contributed by atoms with van der Waals surface area (Å²) in [4.78, 5) is 31.4. The molecule has 0 spiro atoms. The third-order valence-corrected chi connectivity index (χ3v) is 6.71. The van der Waals surface area contributed by atoms with E-state index in [4.69, 9.17) is 4.74 Å². The number of esters is 1. The van der Waals surface area contributed by atoms with E-state index >= 15 is 0 Å². The molecular weight excluding hydrogens is 412 g/mol. The van der Waals surface area contributed by atoms with E-state index in [1.807, 2.05) is 43.3 Å². The predicted octanol–water partition coefficient (Wildman–Crippen LogP) is 4.87. The maximum Gasteiger partial charge on any atom is 0.323 e. The van der Waals surface area contributed by atoms with Crippen LogP contribution in [0.2, 0.25) is 0 Å². The average Bonchev–Trinajstić information content (AvgIpc) is 3.20. The van der Waals surface area contributed by atoms with Gasteiger partial charge in [-0.2, -0.15) is 0 Å². The van der Waals surface area contributed by atoms with Crippen LogP contribution in [0.25, 0.3) is 17.2 Å². The summed E-state index contributed by atoms with van der Waals surface area (Å²) in [6, 6.07) is 19.6. The molecule has 33 heavy (non-hydrogen) atoms. The van der Waals surface area contributed by atoms with Crippen molar-refractivity contribution in [1.29, 1.82) is 0 Å². The second-order valence-corrected chi connectivity index (χ2v) is 8.88. The molecule has 1 saturated heterocycles. The summed E-state index contributed by atoms with van der Waals surface area (Å²) in [6.45, 7) is 4.86. The Bertz CT molecular complexity index is 1240. The Balaban J connectivity index is 1.56. The number of H-pyrrole nitrogens is 1. The molecule has 2 aromatic carbocycles. The fraction of sp³-hybridized carbons (Fsp3) is 0.286. The van der Waals surface area contributed by atoms with Gasteiger partial charge in [-0.05, 0) is 43.0 Å². The van der Waals surface area contributed by atoms with Gasteiger partial charge in [0.2, 0.25) is 0 Å². The first-order valence-electron chi connectivity index (χ1n) is 11.5. The van der Waals surface area contributed by atoms with Crippen molar-refractivity contribution < 1.29 is 9.53 Å². The van der Waals surface area contributed by atoms with Crippen LogP contribution < -0.4 is 5.56 Å². The van der Waals surface area contributed by atoms with Gasteiger partial charge in [-0.3, -0.25) is 14.5 Å². The molecule has 1 aliphatic heterocycles. The summed E-state index contributed by atoms with van der Waals surface area (Å²) in [5.74, 6) is -0.0622. The van der Waals surface area contributed by atoms with Crippen LogP contribution in [0.4, 0.5) is 0 Å². The highest BCUT2D eigenvalue weighted by Crippen LogP contribution is 2.46. The minimum absolute atomic E-state index is 0.0850. The lowest BCUT2D eigenvalue weighted by Crippen LogP contribution is -2.39. The van der Waals surface area contributed by atoms with Crippen LogP contribution in [-0.2, 0) is 16.1 Å². The lowest BCUT2D eigenvalue weighted by molar-refractivity contribution is -0.149. The standard InChI is InChI=1S/C28H28N2O3/c1-3-33-28(32)24-16-22-14-13-21-15-23(20-7-5-4-6-8-20)27(31)29-25(21)26(22)30(24)17-19-11-9-18(2)10-12-19/h4-15,22,24,26H,3,16-17H2,1-2H3,(H,29,31). The zero-order valence-corrected chi connectivity index (χ0v) is 19.0. The molecule has 168 valence electrons. The van der Waals surface area contributed by atoms with Gasteiger partial charge >= 0.3 is 5.97 Å². The summed E-state index contributed by atoms with van der Waals surface area (Å²) in [5.41, 5.74) is 5.65. The normalized spacial score (nSPS) is 21.5. The molecule has 1 aromatic heterocycles. The average molecular weight is 441 g/mol. The number of nitrogens with zero attached hydrogens (tertiary/aromatic N) is 1. The zero-order chi connectivity index (χ0) is 22.9. The minimum Gasteiger partial charge on any atom is -0.465 e. The van der Waals surface area contributed by atoms with Crippen molar-refractivity contribution in [3.05, 3.63) is 99.5 Å². The summed E-state index contributed by atoms with van der Waals surface area (Å²) in [7, 11) is 0. The Labute approximate surface area is 193 Å². The Morgan fingerprint density at radius 3 is 2.61 bits per heavy atom. The van der Waals surface area contributed by atoms with Gasteiger partial charge in [0.1, 0.15) is 6.04 Å². The van der Waals surface area contributed by atoms with Gasteiger partial charge in [-0.1, -0.05) is 72.3 Å². The van der Waals surface area contributed by atoms with E-state index in [0.717, 1.165) is 22.4 Å². The van der Waals surface area contributed by atoms with E-state index in [0.29, 0.717) is 25.1 Å². The predicted molar refractivity (Wildman–Crippen MR) is 130 cm³/mol. The Morgan fingerprint density at radius 2 is 1.88 bits per heavy atom. The van der Waals surface area contributed by atoms with Gasteiger partial charge in [0, 0.05) is 23.7 Å². The van der Waals surface area contributed by atoms with Gasteiger partial charge in [0.05, 0.1) is 12.6 Å². The van der Waals surface area contributed by atoms with Gasteiger partial charge < -0.3 is 9.72 Å². The Kier molecular flexibility index (Phi) is 5.73. The number of aryl methyl sites for hydroxylation is 1. The molecule has 5 heteroatoms. The fourth-order valence-electron chi connectivity index (χ4n) is 5.11. The zero-order valence-electron chi connectivity index (χ0n) is 19.0. The summed E-state index contributed by atoms with van der Waals surface area (Å²) in [6.07, 6.45) is 4.94. The molecule has 5 nitrogen and oxygen atoms in total. The fourth-order valence-corrected chi connectivity index (χ4v) is 5.11. The molecule has 3 aromatic rings. The second-order valence-electron chi connectivity index (χ2n) is 8.88. The number of pyridine rings is 1. The highest BCUT2D eigenvalue weighted by atomic mass is 16.5. The van der Waals surface area contributed by atoms with Gasteiger partial charge in [0.25, 0.3) is 5.56 Å². The molecule has 2 heterocycles. The van der Waals surface area contributed by atoms with Crippen LogP contribution in [0, 0.1) is 12.8 Å². The van der Waals surface area contributed by atoms with E-state index in [2.05, 4.69) is 53.2 Å². The molecule has 0 radical (unpaired) electrons. The van der Waals surface area contributed by atoms with E-state index in [1.54, 1.807) is 0 Å². The number of carbonyl (C=O) groups is 1. The number of hydrogen-bond acceptors (Lipinski definition) is 4. The van der Waals surface area contributed by atoms with Crippen LogP contribution in [0.1, 0.15) is 41.8 Å². The molecule has 2 aliphatic rings. The van der Waals surface area contributed by atoms with Crippen LogP contribution in [0.3, 0.4) is 0 Å². The van der Waals surface area contributed by atoms with Crippen LogP contribution >= 0.6 is 0 Å². The van der Waals surface area contributed by atoms with E-state index in [-0.39, 0.29) is 29.5 Å². The number of carbonyl (C=O) groups excluding carboxylic acids is 1. The maximum absolute atomic E-state index is 13.1. The lowest BCUT2D eigenvalue weighted by atomic mass is 9.87. The Hall–Kier alpha value is -3.44. The number of benzene rings is 2. The van der Waals surface area contributed by atoms with Crippen molar-refractivity contribution in [2.75, 3.05) is 6.61 Å². The van der Waals surface area contributed by atoms with E-state index in [9.17, 15) is 9.59 Å². The number of aromatic amines is 1. The van der Waals surface area contributed by atoms with Crippen molar-refractivity contribution in [3.63, 3.8) is 0 Å². The second kappa shape index (κ2) is 8.83. The highest BCUT2D eigenvalue weighted by Gasteiger charge is 2.47. The number of rotatable bonds is 5. The molecule has 0 amide bonds. The first-order chi connectivity index (χ1) is 16.0. The monoisotopic (exact) mass is 440 g/mol. The largest absolute Gasteiger partial charge is 0.465 e. The molecule has 3 unspecified atom stereocenters. The van der Waals surface area contributed by atoms with Crippen molar-refractivity contribution in [2.24, 2.45) is 5.92 Å². The summed E-state index contributed by atoms with van der Waals surface area (Å²) >= 11 is 0. The van der Waals surface area contributed by atoms with Gasteiger partial charge in [-0.25, -0.2) is 0 Å². The number of fused-ring (bicyclic) bond motifs is 3.